The summed E-state index contributed by atoms with van der Waals surface area (Å²) in [5.41, 5.74) is 1.84. The average Bonchev–Trinajstić information content (AvgIpc) is 3.10. The van der Waals surface area contributed by atoms with Gasteiger partial charge in [0.2, 0.25) is 10.0 Å². The van der Waals surface area contributed by atoms with Crippen molar-refractivity contribution in [2.45, 2.75) is 17.7 Å². The fraction of sp³-hybridized carbons (Fsp3) is 0.400. The van der Waals surface area contributed by atoms with E-state index in [9.17, 15) is 8.42 Å². The van der Waals surface area contributed by atoms with Crippen LogP contribution in [-0.2, 0) is 21.3 Å². The van der Waals surface area contributed by atoms with Gasteiger partial charge in [0.1, 0.15) is 16.7 Å². The molecule has 0 aliphatic carbocycles. The van der Waals surface area contributed by atoms with Crippen molar-refractivity contribution in [1.82, 2.24) is 9.79 Å². The van der Waals surface area contributed by atoms with Crippen molar-refractivity contribution in [3.8, 4) is 11.5 Å². The molecule has 1 fully saturated rings. The largest absolute Gasteiger partial charge is 0.497 e. The average molecular weight is 407 g/mol. The lowest BCUT2D eigenvalue weighted by molar-refractivity contribution is -0.110. The van der Waals surface area contributed by atoms with E-state index < -0.39 is 21.3 Å². The Kier molecular flexibility index (Phi) is 6.56. The van der Waals surface area contributed by atoms with Gasteiger partial charge in [-0.15, -0.1) is 0 Å². The molecule has 1 N–H and O–H groups in total. The highest BCUT2D eigenvalue weighted by atomic mass is 32.2. The highest BCUT2D eigenvalue weighted by Gasteiger charge is 2.43. The minimum Gasteiger partial charge on any atom is -0.497 e. The van der Waals surface area contributed by atoms with Crippen LogP contribution >= 0.6 is 0 Å². The summed E-state index contributed by atoms with van der Waals surface area (Å²) in [6, 6.07) is 14.7. The Labute approximate surface area is 166 Å². The van der Waals surface area contributed by atoms with Crippen LogP contribution in [0.4, 0.5) is 0 Å². The maximum Gasteiger partial charge on any atom is 0.218 e. The van der Waals surface area contributed by atoms with Crippen LogP contribution in [-0.4, -0.2) is 53.1 Å². The van der Waals surface area contributed by atoms with Crippen LogP contribution in [0.1, 0.15) is 17.2 Å². The highest BCUT2D eigenvalue weighted by Crippen LogP contribution is 2.36. The molecule has 0 aromatic heterocycles. The zero-order valence-electron chi connectivity index (χ0n) is 16.3. The standard InChI is InChI=1S/C20H26N2O5S/c1-22-20(16-11-17(25-2)13-18(12-16)26-3)19(14-27-22)28(23,24)21-10-9-15-7-5-4-6-8-15/h4-8,11-13,19-21H,9-10,14H2,1-3H3. The van der Waals surface area contributed by atoms with Crippen LogP contribution in [0.25, 0.3) is 0 Å². The summed E-state index contributed by atoms with van der Waals surface area (Å²) in [5.74, 6) is 1.20. The number of rotatable bonds is 8. The van der Waals surface area contributed by atoms with Crippen molar-refractivity contribution in [2.75, 3.05) is 34.4 Å². The molecule has 1 heterocycles. The number of hydrogen-bond acceptors (Lipinski definition) is 6. The molecule has 2 unspecified atom stereocenters. The fourth-order valence-corrected chi connectivity index (χ4v) is 4.88. The molecule has 3 rings (SSSR count). The Bertz CT molecular complexity index is 866. The van der Waals surface area contributed by atoms with Crippen LogP contribution < -0.4 is 14.2 Å². The molecule has 2 aromatic rings. The van der Waals surface area contributed by atoms with Gasteiger partial charge in [-0.2, -0.15) is 5.06 Å². The summed E-state index contributed by atoms with van der Waals surface area (Å²) in [5, 5.41) is 0.833. The number of nitrogens with zero attached hydrogens (tertiary/aromatic N) is 1. The normalized spacial score (nSPS) is 20.2. The topological polar surface area (TPSA) is 77.1 Å². The Morgan fingerprint density at radius 2 is 1.75 bits per heavy atom. The van der Waals surface area contributed by atoms with Gasteiger partial charge < -0.3 is 9.47 Å². The van der Waals surface area contributed by atoms with Crippen LogP contribution in [0, 0.1) is 0 Å². The minimum absolute atomic E-state index is 0.0847. The van der Waals surface area contributed by atoms with Crippen molar-refractivity contribution in [3.05, 3.63) is 59.7 Å². The maximum absolute atomic E-state index is 13.0. The Morgan fingerprint density at radius 1 is 1.11 bits per heavy atom. The van der Waals surface area contributed by atoms with Gasteiger partial charge >= 0.3 is 0 Å². The number of methoxy groups -OCH3 is 2. The van der Waals surface area contributed by atoms with E-state index in [-0.39, 0.29) is 6.61 Å². The molecule has 2 atom stereocenters. The van der Waals surface area contributed by atoms with E-state index in [2.05, 4.69) is 4.72 Å². The van der Waals surface area contributed by atoms with E-state index in [0.717, 1.165) is 11.1 Å². The molecule has 1 aliphatic rings. The number of hydroxylamine groups is 2. The smallest absolute Gasteiger partial charge is 0.218 e. The summed E-state index contributed by atoms with van der Waals surface area (Å²) in [6.45, 7) is 0.419. The molecule has 0 bridgehead atoms. The molecule has 0 radical (unpaired) electrons. The van der Waals surface area contributed by atoms with Gasteiger partial charge in [-0.05, 0) is 29.7 Å². The van der Waals surface area contributed by atoms with Gasteiger partial charge in [-0.1, -0.05) is 30.3 Å². The Balaban J connectivity index is 1.78. The zero-order chi connectivity index (χ0) is 20.1. The van der Waals surface area contributed by atoms with Crippen molar-refractivity contribution in [1.29, 1.82) is 0 Å². The molecule has 8 heteroatoms. The molecule has 0 saturated carbocycles. The minimum atomic E-state index is -3.60. The molecule has 7 nitrogen and oxygen atoms in total. The molecular formula is C20H26N2O5S. The molecule has 152 valence electrons. The van der Waals surface area contributed by atoms with E-state index in [1.807, 2.05) is 42.5 Å². The Morgan fingerprint density at radius 3 is 2.36 bits per heavy atom. The SMILES string of the molecule is COc1cc(OC)cc(C2C(S(=O)(=O)NCCc3ccccc3)CON2C)c1. The quantitative estimate of drug-likeness (QED) is 0.724. The predicted octanol–water partition coefficient (Wildman–Crippen LogP) is 2.15. The number of benzene rings is 2. The molecule has 2 aromatic carbocycles. The molecule has 0 amide bonds. The lowest BCUT2D eigenvalue weighted by Gasteiger charge is -2.24. The van der Waals surface area contributed by atoms with E-state index in [4.69, 9.17) is 14.3 Å². The summed E-state index contributed by atoms with van der Waals surface area (Å²) >= 11 is 0. The second kappa shape index (κ2) is 8.91. The molecule has 0 spiro atoms. The summed E-state index contributed by atoms with van der Waals surface area (Å²) in [7, 11) is 1.26. The van der Waals surface area contributed by atoms with E-state index in [0.29, 0.717) is 24.5 Å². The predicted molar refractivity (Wildman–Crippen MR) is 107 cm³/mol. The van der Waals surface area contributed by atoms with Crippen LogP contribution in [0.3, 0.4) is 0 Å². The molecule has 1 saturated heterocycles. The van der Waals surface area contributed by atoms with Crippen molar-refractivity contribution in [2.24, 2.45) is 0 Å². The first-order valence-electron chi connectivity index (χ1n) is 9.05. The second-order valence-corrected chi connectivity index (χ2v) is 8.63. The van der Waals surface area contributed by atoms with Crippen molar-refractivity contribution < 1.29 is 22.7 Å². The molecule has 28 heavy (non-hydrogen) atoms. The fourth-order valence-electron chi connectivity index (χ4n) is 3.37. The first-order chi connectivity index (χ1) is 13.4. The third-order valence-corrected chi connectivity index (χ3v) is 6.66. The highest BCUT2D eigenvalue weighted by molar-refractivity contribution is 7.90. The third kappa shape index (κ3) is 4.64. The number of hydrogen-bond donors (Lipinski definition) is 1. The van der Waals surface area contributed by atoms with Crippen molar-refractivity contribution >= 4 is 10.0 Å². The molecule has 1 aliphatic heterocycles. The van der Waals surface area contributed by atoms with Crippen LogP contribution in [0.5, 0.6) is 11.5 Å². The monoisotopic (exact) mass is 406 g/mol. The van der Waals surface area contributed by atoms with Gasteiger partial charge in [-0.3, -0.25) is 4.84 Å². The maximum atomic E-state index is 13.0. The van der Waals surface area contributed by atoms with Gasteiger partial charge in [0.05, 0.1) is 26.9 Å². The third-order valence-electron chi connectivity index (χ3n) is 4.86. The van der Waals surface area contributed by atoms with Crippen LogP contribution in [0.2, 0.25) is 0 Å². The zero-order valence-corrected chi connectivity index (χ0v) is 17.1. The van der Waals surface area contributed by atoms with Gasteiger partial charge in [0, 0.05) is 19.7 Å². The first kappa shape index (κ1) is 20.6. The van der Waals surface area contributed by atoms with E-state index in [1.54, 1.807) is 32.4 Å². The Hall–Kier alpha value is -2.13. The number of nitrogens with one attached hydrogen (secondary N) is 1. The summed E-state index contributed by atoms with van der Waals surface area (Å²) in [6.07, 6.45) is 0.626. The number of ether oxygens (including phenoxy) is 2. The van der Waals surface area contributed by atoms with E-state index in [1.165, 1.54) is 0 Å². The van der Waals surface area contributed by atoms with Gasteiger partial charge in [0.25, 0.3) is 0 Å². The number of sulfonamides is 1. The lowest BCUT2D eigenvalue weighted by Crippen LogP contribution is -2.40. The van der Waals surface area contributed by atoms with Crippen molar-refractivity contribution in [3.63, 3.8) is 0 Å². The summed E-state index contributed by atoms with van der Waals surface area (Å²) < 4.78 is 39.3. The van der Waals surface area contributed by atoms with E-state index >= 15 is 0 Å². The molecular weight excluding hydrogens is 380 g/mol. The first-order valence-corrected chi connectivity index (χ1v) is 10.6. The van der Waals surface area contributed by atoms with Crippen LogP contribution in [0.15, 0.2) is 48.5 Å². The van der Waals surface area contributed by atoms with Gasteiger partial charge in [-0.25, -0.2) is 13.1 Å². The second-order valence-electron chi connectivity index (χ2n) is 6.65. The van der Waals surface area contributed by atoms with Gasteiger partial charge in [0.15, 0.2) is 0 Å². The lowest BCUT2D eigenvalue weighted by atomic mass is 10.0. The summed E-state index contributed by atoms with van der Waals surface area (Å²) in [4.78, 5) is 5.56.